The molecule has 0 unspecified atom stereocenters. The lowest BCUT2D eigenvalue weighted by atomic mass is 10.3. The second-order valence-electron chi connectivity index (χ2n) is 5.28. The van der Waals surface area contributed by atoms with Crippen LogP contribution in [0.2, 0.25) is 5.02 Å². The van der Waals surface area contributed by atoms with Crippen LogP contribution >= 0.6 is 23.4 Å². The van der Waals surface area contributed by atoms with Crippen molar-refractivity contribution >= 4 is 40.9 Å². The standard InChI is InChI=1S/C17H18ClN3O4S/c1-10-6-11(2)20-17(19-10)26-9-16(23)25-8-15(22)21-13-7-12(18)4-5-14(13)24-3/h4-7H,8-9H2,1-3H3,(H,21,22). The summed E-state index contributed by atoms with van der Waals surface area (Å²) in [5, 5.41) is 3.53. The quantitative estimate of drug-likeness (QED) is 0.437. The van der Waals surface area contributed by atoms with Gasteiger partial charge in [0.2, 0.25) is 0 Å². The van der Waals surface area contributed by atoms with E-state index in [-0.39, 0.29) is 5.75 Å². The van der Waals surface area contributed by atoms with Crippen LogP contribution in [0.1, 0.15) is 11.4 Å². The van der Waals surface area contributed by atoms with Crippen molar-refractivity contribution in [2.75, 3.05) is 24.8 Å². The first-order valence-electron chi connectivity index (χ1n) is 7.61. The van der Waals surface area contributed by atoms with Crippen LogP contribution in [0, 0.1) is 13.8 Å². The summed E-state index contributed by atoms with van der Waals surface area (Å²) in [6.45, 7) is 3.29. The zero-order valence-electron chi connectivity index (χ0n) is 14.5. The largest absolute Gasteiger partial charge is 0.495 e. The molecule has 7 nitrogen and oxygen atoms in total. The molecule has 138 valence electrons. The van der Waals surface area contributed by atoms with Crippen LogP contribution in [0.3, 0.4) is 0 Å². The Morgan fingerprint density at radius 2 is 1.88 bits per heavy atom. The Morgan fingerprint density at radius 3 is 2.54 bits per heavy atom. The topological polar surface area (TPSA) is 90.4 Å². The molecule has 0 fully saturated rings. The number of halogens is 1. The van der Waals surface area contributed by atoms with E-state index < -0.39 is 18.5 Å². The molecule has 2 aromatic rings. The van der Waals surface area contributed by atoms with Gasteiger partial charge in [-0.1, -0.05) is 23.4 Å². The Hall–Kier alpha value is -2.32. The van der Waals surface area contributed by atoms with Gasteiger partial charge in [-0.25, -0.2) is 9.97 Å². The van der Waals surface area contributed by atoms with Gasteiger partial charge in [-0.15, -0.1) is 0 Å². The molecule has 26 heavy (non-hydrogen) atoms. The van der Waals surface area contributed by atoms with Crippen molar-refractivity contribution in [1.82, 2.24) is 9.97 Å². The average molecular weight is 396 g/mol. The normalized spacial score (nSPS) is 10.3. The molecule has 2 rings (SSSR count). The van der Waals surface area contributed by atoms with E-state index in [1.54, 1.807) is 18.2 Å². The van der Waals surface area contributed by atoms with Gasteiger partial charge < -0.3 is 14.8 Å². The molecule has 1 aromatic heterocycles. The van der Waals surface area contributed by atoms with E-state index in [1.165, 1.54) is 7.11 Å². The molecule has 0 aliphatic heterocycles. The smallest absolute Gasteiger partial charge is 0.316 e. The molecule has 1 amide bonds. The van der Waals surface area contributed by atoms with Crippen molar-refractivity contribution < 1.29 is 19.1 Å². The first kappa shape index (κ1) is 20.0. The van der Waals surface area contributed by atoms with E-state index in [0.29, 0.717) is 21.6 Å². The summed E-state index contributed by atoms with van der Waals surface area (Å²) < 4.78 is 10.1. The number of hydrogen-bond acceptors (Lipinski definition) is 7. The highest BCUT2D eigenvalue weighted by molar-refractivity contribution is 7.99. The molecule has 0 saturated carbocycles. The van der Waals surface area contributed by atoms with Crippen LogP contribution in [-0.4, -0.2) is 41.3 Å². The number of benzene rings is 1. The minimum atomic E-state index is -0.536. The van der Waals surface area contributed by atoms with Crippen molar-refractivity contribution in [3.05, 3.63) is 40.7 Å². The predicted molar refractivity (Wildman–Crippen MR) is 99.8 cm³/mol. The molecule has 0 spiro atoms. The number of nitrogens with zero attached hydrogens (tertiary/aromatic N) is 2. The molecule has 0 bridgehead atoms. The fraction of sp³-hybridized carbons (Fsp3) is 0.294. The van der Waals surface area contributed by atoms with E-state index in [0.717, 1.165) is 23.1 Å². The van der Waals surface area contributed by atoms with E-state index in [4.69, 9.17) is 21.1 Å². The number of esters is 1. The highest BCUT2D eigenvalue weighted by Crippen LogP contribution is 2.27. The van der Waals surface area contributed by atoms with Gasteiger partial charge >= 0.3 is 5.97 Å². The summed E-state index contributed by atoms with van der Waals surface area (Å²) in [6.07, 6.45) is 0. The van der Waals surface area contributed by atoms with Crippen molar-refractivity contribution in [2.45, 2.75) is 19.0 Å². The molecular weight excluding hydrogens is 378 g/mol. The van der Waals surface area contributed by atoms with Gasteiger partial charge in [0.25, 0.3) is 5.91 Å². The van der Waals surface area contributed by atoms with Gasteiger partial charge in [-0.05, 0) is 38.1 Å². The molecule has 1 aromatic carbocycles. The van der Waals surface area contributed by atoms with Crippen LogP contribution in [-0.2, 0) is 14.3 Å². The second-order valence-corrected chi connectivity index (χ2v) is 6.65. The Bertz CT molecular complexity index is 796. The molecule has 9 heteroatoms. The van der Waals surface area contributed by atoms with Gasteiger partial charge in [0.15, 0.2) is 11.8 Å². The summed E-state index contributed by atoms with van der Waals surface area (Å²) in [5.41, 5.74) is 2.05. The lowest BCUT2D eigenvalue weighted by Crippen LogP contribution is -2.22. The first-order chi connectivity index (χ1) is 12.4. The zero-order valence-corrected chi connectivity index (χ0v) is 16.1. The lowest BCUT2D eigenvalue weighted by Gasteiger charge is -2.10. The highest BCUT2D eigenvalue weighted by Gasteiger charge is 2.12. The first-order valence-corrected chi connectivity index (χ1v) is 8.98. The van der Waals surface area contributed by atoms with E-state index in [2.05, 4.69) is 15.3 Å². The number of aryl methyl sites for hydroxylation is 2. The third kappa shape index (κ3) is 6.20. The summed E-state index contributed by atoms with van der Waals surface area (Å²) in [4.78, 5) is 32.2. The fourth-order valence-corrected chi connectivity index (χ4v) is 2.95. The SMILES string of the molecule is COc1ccc(Cl)cc1NC(=O)COC(=O)CSc1nc(C)cc(C)n1. The Morgan fingerprint density at radius 1 is 1.19 bits per heavy atom. The minimum Gasteiger partial charge on any atom is -0.495 e. The number of ether oxygens (including phenoxy) is 2. The summed E-state index contributed by atoms with van der Waals surface area (Å²) in [5.74, 6) is -0.564. The summed E-state index contributed by atoms with van der Waals surface area (Å²) in [7, 11) is 1.48. The van der Waals surface area contributed by atoms with Crippen LogP contribution in [0.4, 0.5) is 5.69 Å². The Labute approximate surface area is 160 Å². The van der Waals surface area contributed by atoms with Crippen molar-refractivity contribution in [2.24, 2.45) is 0 Å². The number of carbonyl (C=O) groups is 2. The number of thioether (sulfide) groups is 1. The molecule has 0 atom stereocenters. The number of hydrogen-bond donors (Lipinski definition) is 1. The van der Waals surface area contributed by atoms with Gasteiger partial charge in [0.05, 0.1) is 18.6 Å². The van der Waals surface area contributed by atoms with Crippen molar-refractivity contribution in [3.63, 3.8) is 0 Å². The predicted octanol–water partition coefficient (Wildman–Crippen LogP) is 3.03. The summed E-state index contributed by atoms with van der Waals surface area (Å²) in [6, 6.07) is 6.66. The molecule has 1 N–H and O–H groups in total. The average Bonchev–Trinajstić information content (AvgIpc) is 2.57. The van der Waals surface area contributed by atoms with E-state index in [9.17, 15) is 9.59 Å². The lowest BCUT2D eigenvalue weighted by molar-refractivity contribution is -0.144. The summed E-state index contributed by atoms with van der Waals surface area (Å²) >= 11 is 7.05. The maximum Gasteiger partial charge on any atom is 0.316 e. The Balaban J connectivity index is 1.81. The van der Waals surface area contributed by atoms with Crippen molar-refractivity contribution in [1.29, 1.82) is 0 Å². The molecule has 0 aliphatic rings. The van der Waals surface area contributed by atoms with E-state index in [1.807, 2.05) is 19.9 Å². The van der Waals surface area contributed by atoms with Gasteiger partial charge in [0, 0.05) is 16.4 Å². The van der Waals surface area contributed by atoms with Gasteiger partial charge in [0.1, 0.15) is 5.75 Å². The molecule has 0 radical (unpaired) electrons. The number of anilines is 1. The highest BCUT2D eigenvalue weighted by atomic mass is 35.5. The van der Waals surface area contributed by atoms with Crippen molar-refractivity contribution in [3.8, 4) is 5.75 Å². The number of aromatic nitrogens is 2. The Kier molecular flexibility index (Phi) is 7.23. The number of rotatable bonds is 7. The van der Waals surface area contributed by atoms with Crippen LogP contribution in [0.25, 0.3) is 0 Å². The fourth-order valence-electron chi connectivity index (χ4n) is 2.03. The van der Waals surface area contributed by atoms with Gasteiger partial charge in [-0.3, -0.25) is 9.59 Å². The third-order valence-electron chi connectivity index (χ3n) is 3.08. The van der Waals surface area contributed by atoms with Crippen LogP contribution in [0.5, 0.6) is 5.75 Å². The molecule has 0 saturated heterocycles. The second kappa shape index (κ2) is 9.40. The van der Waals surface area contributed by atoms with Crippen LogP contribution in [0.15, 0.2) is 29.4 Å². The molecule has 0 aliphatic carbocycles. The minimum absolute atomic E-state index is 0.0106. The number of nitrogens with one attached hydrogen (secondary N) is 1. The maximum absolute atomic E-state index is 11.9. The zero-order chi connectivity index (χ0) is 19.1. The number of carbonyl (C=O) groups excluding carboxylic acids is 2. The number of amides is 1. The molecular formula is C17H18ClN3O4S. The molecule has 1 heterocycles. The monoisotopic (exact) mass is 395 g/mol. The maximum atomic E-state index is 11.9. The number of methoxy groups -OCH3 is 1. The van der Waals surface area contributed by atoms with Gasteiger partial charge in [-0.2, -0.15) is 0 Å². The van der Waals surface area contributed by atoms with Crippen LogP contribution < -0.4 is 10.1 Å². The van der Waals surface area contributed by atoms with E-state index >= 15 is 0 Å². The third-order valence-corrected chi connectivity index (χ3v) is 4.14.